The Balaban J connectivity index is 1.41. The Bertz CT molecular complexity index is 1300. The second kappa shape index (κ2) is 10.8. The molecule has 0 atom stereocenters. The first-order valence-corrected chi connectivity index (χ1v) is 11.7. The van der Waals surface area contributed by atoms with Gasteiger partial charge in [0, 0.05) is 21.3 Å². The Morgan fingerprint density at radius 2 is 1.79 bits per heavy atom. The van der Waals surface area contributed by atoms with E-state index in [-0.39, 0.29) is 4.91 Å². The van der Waals surface area contributed by atoms with Crippen molar-refractivity contribution in [2.24, 2.45) is 0 Å². The lowest BCUT2D eigenvalue weighted by molar-refractivity contribution is -0.127. The molecule has 6 nitrogen and oxygen atoms in total. The quantitative estimate of drug-likeness (QED) is 0.378. The molecule has 0 spiro atoms. The van der Waals surface area contributed by atoms with E-state index in [0.717, 1.165) is 22.2 Å². The van der Waals surface area contributed by atoms with Crippen molar-refractivity contribution in [3.63, 3.8) is 0 Å². The minimum Gasteiger partial charge on any atom is -0.489 e. The molecule has 0 radical (unpaired) electrons. The largest absolute Gasteiger partial charge is 0.489 e. The summed E-state index contributed by atoms with van der Waals surface area (Å²) < 4.78 is 5.82. The summed E-state index contributed by atoms with van der Waals surface area (Å²) in [5.41, 5.74) is 2.02. The van der Waals surface area contributed by atoms with E-state index < -0.39 is 23.6 Å². The van der Waals surface area contributed by atoms with Gasteiger partial charge in [-0.1, -0.05) is 59.6 Å². The Kier molecular flexibility index (Phi) is 7.57. The Morgan fingerprint density at radius 3 is 2.59 bits per heavy atom. The standard InChI is InChI=1S/C25H18Cl2N2O4S/c26-18-7-4-8-19(13-18)28-23(30)14-29-24(31)22(34-25(29)32)12-16-5-3-9-20(11-16)33-15-17-6-1-2-10-21(17)27/h1-13H,14-15H2,(H,28,30)/b22-12+. The average molecular weight is 513 g/mol. The van der Waals surface area contributed by atoms with E-state index in [4.69, 9.17) is 27.9 Å². The second-order valence-corrected chi connectivity index (χ2v) is 9.12. The summed E-state index contributed by atoms with van der Waals surface area (Å²) in [4.78, 5) is 38.6. The van der Waals surface area contributed by atoms with Crippen LogP contribution in [0.3, 0.4) is 0 Å². The van der Waals surface area contributed by atoms with Crippen LogP contribution in [0.2, 0.25) is 10.0 Å². The predicted octanol–water partition coefficient (Wildman–Crippen LogP) is 6.25. The maximum atomic E-state index is 12.8. The van der Waals surface area contributed by atoms with Crippen molar-refractivity contribution in [3.8, 4) is 5.75 Å². The molecule has 34 heavy (non-hydrogen) atoms. The molecule has 0 saturated carbocycles. The van der Waals surface area contributed by atoms with Gasteiger partial charge in [0.1, 0.15) is 18.9 Å². The molecule has 1 saturated heterocycles. The number of nitrogens with zero attached hydrogens (tertiary/aromatic N) is 1. The fourth-order valence-corrected chi connectivity index (χ4v) is 4.39. The van der Waals surface area contributed by atoms with Crippen LogP contribution < -0.4 is 10.1 Å². The maximum Gasteiger partial charge on any atom is 0.294 e. The van der Waals surface area contributed by atoms with E-state index in [1.165, 1.54) is 0 Å². The number of carbonyl (C=O) groups excluding carboxylic acids is 3. The summed E-state index contributed by atoms with van der Waals surface area (Å²) in [6, 6.07) is 21.1. The average Bonchev–Trinajstić information content (AvgIpc) is 3.06. The number of imide groups is 1. The number of amides is 3. The van der Waals surface area contributed by atoms with Gasteiger partial charge in [0.2, 0.25) is 5.91 Å². The van der Waals surface area contributed by atoms with Crippen LogP contribution >= 0.6 is 35.0 Å². The monoisotopic (exact) mass is 512 g/mol. The maximum absolute atomic E-state index is 12.8. The smallest absolute Gasteiger partial charge is 0.294 e. The predicted molar refractivity (Wildman–Crippen MR) is 135 cm³/mol. The summed E-state index contributed by atoms with van der Waals surface area (Å²) in [7, 11) is 0. The number of benzene rings is 3. The summed E-state index contributed by atoms with van der Waals surface area (Å²) in [5, 5.41) is 3.20. The van der Waals surface area contributed by atoms with Crippen LogP contribution in [0.15, 0.2) is 77.7 Å². The fraction of sp³-hybridized carbons (Fsp3) is 0.0800. The van der Waals surface area contributed by atoms with E-state index in [9.17, 15) is 14.4 Å². The number of nitrogens with one attached hydrogen (secondary N) is 1. The first-order valence-electron chi connectivity index (χ1n) is 10.2. The molecule has 3 aromatic carbocycles. The lowest BCUT2D eigenvalue weighted by Gasteiger charge is -2.12. The summed E-state index contributed by atoms with van der Waals surface area (Å²) in [5.74, 6) is -0.437. The van der Waals surface area contributed by atoms with Crippen molar-refractivity contribution in [1.82, 2.24) is 4.90 Å². The van der Waals surface area contributed by atoms with Gasteiger partial charge < -0.3 is 10.1 Å². The first kappa shape index (κ1) is 23.9. The van der Waals surface area contributed by atoms with Crippen molar-refractivity contribution in [3.05, 3.63) is 98.9 Å². The summed E-state index contributed by atoms with van der Waals surface area (Å²) in [6.07, 6.45) is 1.60. The zero-order chi connectivity index (χ0) is 24.1. The highest BCUT2D eigenvalue weighted by Crippen LogP contribution is 2.32. The van der Waals surface area contributed by atoms with Gasteiger partial charge in [-0.2, -0.15) is 0 Å². The third-order valence-electron chi connectivity index (χ3n) is 4.79. The Labute approximate surface area is 210 Å². The van der Waals surface area contributed by atoms with Crippen molar-refractivity contribution in [2.45, 2.75) is 6.61 Å². The molecule has 0 bridgehead atoms. The normalized spacial score (nSPS) is 14.5. The van der Waals surface area contributed by atoms with Crippen LogP contribution in [0, 0.1) is 0 Å². The number of halogens is 2. The van der Waals surface area contributed by atoms with Crippen LogP contribution in [0.5, 0.6) is 5.75 Å². The van der Waals surface area contributed by atoms with Crippen molar-refractivity contribution in [2.75, 3.05) is 11.9 Å². The highest BCUT2D eigenvalue weighted by molar-refractivity contribution is 8.18. The molecule has 1 heterocycles. The highest BCUT2D eigenvalue weighted by atomic mass is 35.5. The minimum absolute atomic E-state index is 0.226. The van der Waals surface area contributed by atoms with E-state index in [0.29, 0.717) is 33.7 Å². The van der Waals surface area contributed by atoms with Crippen molar-refractivity contribution >= 4 is 63.8 Å². The number of hydrogen-bond acceptors (Lipinski definition) is 5. The third-order valence-corrected chi connectivity index (χ3v) is 6.30. The number of hydrogen-bond donors (Lipinski definition) is 1. The molecule has 1 aliphatic heterocycles. The summed E-state index contributed by atoms with van der Waals surface area (Å²) in [6.45, 7) is -0.100. The van der Waals surface area contributed by atoms with Crippen LogP contribution in [0.25, 0.3) is 6.08 Å². The zero-order valence-electron chi connectivity index (χ0n) is 17.7. The number of rotatable bonds is 7. The van der Waals surface area contributed by atoms with Gasteiger partial charge in [-0.05, 0) is 59.8 Å². The van der Waals surface area contributed by atoms with E-state index in [2.05, 4.69) is 5.32 Å². The lowest BCUT2D eigenvalue weighted by atomic mass is 10.2. The van der Waals surface area contributed by atoms with Crippen molar-refractivity contribution in [1.29, 1.82) is 0 Å². The van der Waals surface area contributed by atoms with E-state index in [1.807, 2.05) is 18.2 Å². The van der Waals surface area contributed by atoms with E-state index in [1.54, 1.807) is 60.7 Å². The number of anilines is 1. The van der Waals surface area contributed by atoms with Gasteiger partial charge in [0.05, 0.1) is 4.91 Å². The van der Waals surface area contributed by atoms with Crippen LogP contribution in [0.4, 0.5) is 10.5 Å². The third kappa shape index (κ3) is 5.99. The molecule has 0 aliphatic carbocycles. The van der Waals surface area contributed by atoms with Gasteiger partial charge in [-0.3, -0.25) is 19.3 Å². The topological polar surface area (TPSA) is 75.7 Å². The molecule has 172 valence electrons. The molecule has 1 N–H and O–H groups in total. The molecule has 4 rings (SSSR count). The van der Waals surface area contributed by atoms with Gasteiger partial charge in [-0.15, -0.1) is 0 Å². The summed E-state index contributed by atoms with van der Waals surface area (Å²) >= 11 is 12.9. The van der Waals surface area contributed by atoms with Gasteiger partial charge in [0.15, 0.2) is 0 Å². The van der Waals surface area contributed by atoms with Gasteiger partial charge in [0.25, 0.3) is 11.1 Å². The molecule has 1 fully saturated rings. The molecule has 3 amide bonds. The second-order valence-electron chi connectivity index (χ2n) is 7.28. The Hall–Kier alpha value is -3.26. The molecular formula is C25H18Cl2N2O4S. The van der Waals surface area contributed by atoms with Crippen LogP contribution in [-0.4, -0.2) is 28.5 Å². The molecular weight excluding hydrogens is 495 g/mol. The molecule has 9 heteroatoms. The molecule has 0 unspecified atom stereocenters. The minimum atomic E-state index is -0.529. The highest BCUT2D eigenvalue weighted by Gasteiger charge is 2.36. The Morgan fingerprint density at radius 1 is 1.00 bits per heavy atom. The number of carbonyl (C=O) groups is 3. The molecule has 3 aromatic rings. The van der Waals surface area contributed by atoms with Crippen LogP contribution in [-0.2, 0) is 16.2 Å². The fourth-order valence-electron chi connectivity index (χ4n) is 3.17. The lowest BCUT2D eigenvalue weighted by Crippen LogP contribution is -2.36. The number of ether oxygens (including phenoxy) is 1. The first-order chi connectivity index (χ1) is 16.4. The van der Waals surface area contributed by atoms with Crippen molar-refractivity contribution < 1.29 is 19.1 Å². The van der Waals surface area contributed by atoms with Crippen LogP contribution in [0.1, 0.15) is 11.1 Å². The zero-order valence-corrected chi connectivity index (χ0v) is 20.0. The van der Waals surface area contributed by atoms with Gasteiger partial charge >= 0.3 is 0 Å². The number of thioether (sulfide) groups is 1. The van der Waals surface area contributed by atoms with Gasteiger partial charge in [-0.25, -0.2) is 0 Å². The molecule has 0 aromatic heterocycles. The SMILES string of the molecule is O=C(CN1C(=O)S/C(=C/c2cccc(OCc3ccccc3Cl)c2)C1=O)Nc1cccc(Cl)c1. The molecule has 1 aliphatic rings. The van der Waals surface area contributed by atoms with E-state index >= 15 is 0 Å².